The van der Waals surface area contributed by atoms with E-state index >= 15 is 0 Å². The number of benzene rings is 2. The van der Waals surface area contributed by atoms with Crippen LogP contribution in [-0.2, 0) is 30.9 Å². The molecule has 1 amide bonds. The van der Waals surface area contributed by atoms with Gasteiger partial charge in [-0.25, -0.2) is 8.42 Å². The van der Waals surface area contributed by atoms with Crippen molar-refractivity contribution in [2.75, 3.05) is 25.5 Å². The molecular weight excluding hydrogens is 452 g/mol. The second-order valence-corrected chi connectivity index (χ2v) is 8.28. The van der Waals surface area contributed by atoms with Crippen molar-refractivity contribution in [1.29, 1.82) is 0 Å². The molecule has 0 saturated heterocycles. The number of esters is 1. The normalized spacial score (nSPS) is 10.9. The summed E-state index contributed by atoms with van der Waals surface area (Å²) in [6.45, 7) is -1.16. The summed E-state index contributed by atoms with van der Waals surface area (Å²) in [5.41, 5.74) is 0.480. The number of anilines is 1. The Labute approximate surface area is 182 Å². The molecule has 166 valence electrons. The molecule has 2 aromatic carbocycles. The lowest BCUT2D eigenvalue weighted by atomic mass is 10.2. The van der Waals surface area contributed by atoms with E-state index in [2.05, 4.69) is 10.6 Å². The van der Waals surface area contributed by atoms with Gasteiger partial charge in [0.15, 0.2) is 6.61 Å². The number of nitro benzene ring substituents is 1. The Morgan fingerprint density at radius 1 is 1.16 bits per heavy atom. The van der Waals surface area contributed by atoms with E-state index in [0.717, 1.165) is 17.7 Å². The highest BCUT2D eigenvalue weighted by atomic mass is 35.5. The molecule has 3 N–H and O–H groups in total. The number of hydrogen-bond acceptors (Lipinski definition) is 8. The van der Waals surface area contributed by atoms with Gasteiger partial charge in [0.05, 0.1) is 9.82 Å². The van der Waals surface area contributed by atoms with Gasteiger partial charge in [-0.1, -0.05) is 23.7 Å². The van der Waals surface area contributed by atoms with Gasteiger partial charge in [0.2, 0.25) is 10.0 Å². The van der Waals surface area contributed by atoms with Gasteiger partial charge < -0.3 is 15.4 Å². The Balaban J connectivity index is 1.84. The number of nitrogens with one attached hydrogen (secondary N) is 3. The molecular formula is C18H19ClN4O7S. The first-order chi connectivity index (χ1) is 14.6. The number of rotatable bonds is 10. The molecule has 2 aromatic rings. The quantitative estimate of drug-likeness (QED) is 0.267. The largest absolute Gasteiger partial charge is 0.455 e. The van der Waals surface area contributed by atoms with Crippen molar-refractivity contribution >= 4 is 44.9 Å². The van der Waals surface area contributed by atoms with Gasteiger partial charge in [0.1, 0.15) is 12.2 Å². The third-order valence-corrected chi connectivity index (χ3v) is 5.57. The number of carbonyl (C=O) groups is 2. The minimum Gasteiger partial charge on any atom is -0.455 e. The Morgan fingerprint density at radius 3 is 2.45 bits per heavy atom. The standard InChI is InChI=1S/C18H19ClN4O7S/c1-20-15-7-6-14(8-16(15)23(26)27)31(28,29)22-10-18(25)30-11-17(24)21-9-12-2-4-13(19)5-3-12/h2-8,20,22H,9-11H2,1H3,(H,21,24). The van der Waals surface area contributed by atoms with Gasteiger partial charge in [-0.3, -0.25) is 19.7 Å². The van der Waals surface area contributed by atoms with Gasteiger partial charge in [-0.2, -0.15) is 4.72 Å². The lowest BCUT2D eigenvalue weighted by Crippen LogP contribution is -2.33. The van der Waals surface area contributed by atoms with Crippen molar-refractivity contribution < 1.29 is 27.7 Å². The molecule has 0 aliphatic carbocycles. The number of amides is 1. The minimum atomic E-state index is -4.22. The van der Waals surface area contributed by atoms with Crippen LogP contribution in [0.2, 0.25) is 5.02 Å². The number of nitro groups is 1. The smallest absolute Gasteiger partial charge is 0.321 e. The van der Waals surface area contributed by atoms with Crippen LogP contribution in [-0.4, -0.2) is 45.4 Å². The molecule has 2 rings (SSSR count). The highest BCUT2D eigenvalue weighted by molar-refractivity contribution is 7.89. The molecule has 13 heteroatoms. The van der Waals surface area contributed by atoms with E-state index in [4.69, 9.17) is 16.3 Å². The fourth-order valence-electron chi connectivity index (χ4n) is 2.33. The van der Waals surface area contributed by atoms with E-state index < -0.39 is 50.6 Å². The summed E-state index contributed by atoms with van der Waals surface area (Å²) in [5.74, 6) is -1.57. The third-order valence-electron chi connectivity index (χ3n) is 3.92. The molecule has 0 radical (unpaired) electrons. The molecule has 0 atom stereocenters. The Bertz CT molecular complexity index is 1070. The van der Waals surface area contributed by atoms with Crippen LogP contribution in [0.3, 0.4) is 0 Å². The first-order valence-electron chi connectivity index (χ1n) is 8.75. The van der Waals surface area contributed by atoms with Crippen LogP contribution in [0.15, 0.2) is 47.4 Å². The predicted molar refractivity (Wildman–Crippen MR) is 112 cm³/mol. The van der Waals surface area contributed by atoms with Crippen molar-refractivity contribution in [2.24, 2.45) is 0 Å². The first-order valence-corrected chi connectivity index (χ1v) is 10.6. The molecule has 0 fully saturated rings. The molecule has 0 aromatic heterocycles. The molecule has 0 spiro atoms. The van der Waals surface area contributed by atoms with Gasteiger partial charge in [-0.05, 0) is 29.8 Å². The van der Waals surface area contributed by atoms with Crippen molar-refractivity contribution in [3.63, 3.8) is 0 Å². The van der Waals surface area contributed by atoms with E-state index in [1.54, 1.807) is 24.3 Å². The van der Waals surface area contributed by atoms with Crippen LogP contribution in [0.1, 0.15) is 5.56 Å². The first kappa shape index (κ1) is 24.1. The van der Waals surface area contributed by atoms with E-state index in [9.17, 15) is 28.1 Å². The number of nitrogens with zero attached hydrogens (tertiary/aromatic N) is 1. The SMILES string of the molecule is CNc1ccc(S(=O)(=O)NCC(=O)OCC(=O)NCc2ccc(Cl)cc2)cc1[N+](=O)[O-]. The zero-order chi connectivity index (χ0) is 23.0. The van der Waals surface area contributed by atoms with Crippen molar-refractivity contribution in [2.45, 2.75) is 11.4 Å². The van der Waals surface area contributed by atoms with Crippen LogP contribution >= 0.6 is 11.6 Å². The predicted octanol–water partition coefficient (Wildman–Crippen LogP) is 1.43. The maximum Gasteiger partial charge on any atom is 0.321 e. The van der Waals surface area contributed by atoms with Gasteiger partial charge in [0, 0.05) is 24.7 Å². The summed E-state index contributed by atoms with van der Waals surface area (Å²) in [5, 5.41) is 16.7. The Kier molecular flexibility index (Phi) is 8.30. The maximum absolute atomic E-state index is 12.3. The van der Waals surface area contributed by atoms with Gasteiger partial charge in [-0.15, -0.1) is 0 Å². The second-order valence-electron chi connectivity index (χ2n) is 6.07. The van der Waals surface area contributed by atoms with E-state index in [-0.39, 0.29) is 12.2 Å². The van der Waals surface area contributed by atoms with Gasteiger partial charge in [0.25, 0.3) is 11.6 Å². The summed E-state index contributed by atoms with van der Waals surface area (Å²) >= 11 is 5.77. The molecule has 0 heterocycles. The van der Waals surface area contributed by atoms with Crippen LogP contribution in [0.5, 0.6) is 0 Å². The highest BCUT2D eigenvalue weighted by Gasteiger charge is 2.22. The van der Waals surface area contributed by atoms with Crippen LogP contribution in [0, 0.1) is 10.1 Å². The Morgan fingerprint density at radius 2 is 1.84 bits per heavy atom. The average molecular weight is 471 g/mol. The lowest BCUT2D eigenvalue weighted by molar-refractivity contribution is -0.384. The summed E-state index contributed by atoms with van der Waals surface area (Å²) < 4.78 is 31.3. The summed E-state index contributed by atoms with van der Waals surface area (Å²) in [4.78, 5) is 33.4. The highest BCUT2D eigenvalue weighted by Crippen LogP contribution is 2.26. The molecule has 0 saturated carbocycles. The second kappa shape index (κ2) is 10.7. The lowest BCUT2D eigenvalue weighted by Gasteiger charge is -2.09. The Hall–Kier alpha value is -3.22. The monoisotopic (exact) mass is 470 g/mol. The number of ether oxygens (including phenoxy) is 1. The van der Waals surface area contributed by atoms with Crippen LogP contribution < -0.4 is 15.4 Å². The molecule has 0 unspecified atom stereocenters. The van der Waals surface area contributed by atoms with Crippen molar-refractivity contribution in [1.82, 2.24) is 10.0 Å². The van der Waals surface area contributed by atoms with Crippen LogP contribution in [0.4, 0.5) is 11.4 Å². The number of hydrogen-bond donors (Lipinski definition) is 3. The van der Waals surface area contributed by atoms with E-state index in [1.807, 2.05) is 4.72 Å². The molecule has 0 aliphatic heterocycles. The minimum absolute atomic E-state index is 0.132. The van der Waals surface area contributed by atoms with E-state index in [1.165, 1.54) is 13.1 Å². The third kappa shape index (κ3) is 7.20. The fraction of sp³-hybridized carbons (Fsp3) is 0.222. The number of carbonyl (C=O) groups excluding carboxylic acids is 2. The zero-order valence-corrected chi connectivity index (χ0v) is 17.8. The number of sulfonamides is 1. The fourth-order valence-corrected chi connectivity index (χ4v) is 3.44. The van der Waals surface area contributed by atoms with Gasteiger partial charge >= 0.3 is 5.97 Å². The molecule has 0 aliphatic rings. The van der Waals surface area contributed by atoms with E-state index in [0.29, 0.717) is 5.02 Å². The number of halogens is 1. The molecule has 31 heavy (non-hydrogen) atoms. The molecule has 11 nitrogen and oxygen atoms in total. The van der Waals surface area contributed by atoms with Crippen molar-refractivity contribution in [3.8, 4) is 0 Å². The summed E-state index contributed by atoms with van der Waals surface area (Å²) in [7, 11) is -2.76. The van der Waals surface area contributed by atoms with Crippen LogP contribution in [0.25, 0.3) is 0 Å². The zero-order valence-electron chi connectivity index (χ0n) is 16.3. The summed E-state index contributed by atoms with van der Waals surface area (Å²) in [6.07, 6.45) is 0. The average Bonchev–Trinajstić information content (AvgIpc) is 2.75. The maximum atomic E-state index is 12.3. The molecule has 0 bridgehead atoms. The summed E-state index contributed by atoms with van der Waals surface area (Å²) in [6, 6.07) is 10.0. The van der Waals surface area contributed by atoms with Crippen molar-refractivity contribution in [3.05, 3.63) is 63.2 Å². The topological polar surface area (TPSA) is 157 Å².